The molecule has 0 unspecified atom stereocenters. The number of hydrogen-bond acceptors (Lipinski definition) is 2. The van der Waals surface area contributed by atoms with Gasteiger partial charge in [-0.2, -0.15) is 12.6 Å². The lowest BCUT2D eigenvalue weighted by Crippen LogP contribution is -1.77. The van der Waals surface area contributed by atoms with Crippen LogP contribution in [0.4, 0.5) is 0 Å². The second-order valence-corrected chi connectivity index (χ2v) is 3.50. The zero-order valence-corrected chi connectivity index (χ0v) is 9.37. The van der Waals surface area contributed by atoms with E-state index in [1.807, 2.05) is 31.7 Å². The number of benzene rings is 1. The first kappa shape index (κ1) is 11.9. The second-order valence-electron chi connectivity index (χ2n) is 1.89. The van der Waals surface area contributed by atoms with Gasteiger partial charge in [-0.15, -0.1) is 11.8 Å². The molecule has 0 atom stereocenters. The Morgan fingerprint density at radius 1 is 1.17 bits per heavy atom. The number of thioether (sulfide) groups is 1. The van der Waals surface area contributed by atoms with Crippen molar-refractivity contribution in [3.8, 4) is 0 Å². The molecule has 1 rings (SSSR count). The zero-order chi connectivity index (χ0) is 9.23. The van der Waals surface area contributed by atoms with E-state index >= 15 is 0 Å². The Balaban J connectivity index is 0.000000561. The van der Waals surface area contributed by atoms with Crippen LogP contribution in [0.25, 0.3) is 0 Å². The largest absolute Gasteiger partial charge is 0.178 e. The monoisotopic (exact) mass is 200 g/mol. The molecule has 0 bridgehead atoms. The molecule has 12 heavy (non-hydrogen) atoms. The van der Waals surface area contributed by atoms with Crippen molar-refractivity contribution >= 4 is 24.4 Å². The Bertz CT molecular complexity index is 172. The van der Waals surface area contributed by atoms with Crippen LogP contribution in [-0.4, -0.2) is 11.5 Å². The van der Waals surface area contributed by atoms with Gasteiger partial charge in [0.2, 0.25) is 0 Å². The molecule has 0 saturated heterocycles. The lowest BCUT2D eigenvalue weighted by Gasteiger charge is -1.95. The zero-order valence-electron chi connectivity index (χ0n) is 7.66. The van der Waals surface area contributed by atoms with Crippen molar-refractivity contribution in [2.75, 3.05) is 11.5 Å². The number of thiol groups is 1. The van der Waals surface area contributed by atoms with Gasteiger partial charge in [0.25, 0.3) is 0 Å². The van der Waals surface area contributed by atoms with Gasteiger partial charge in [-0.3, -0.25) is 0 Å². The molecule has 0 nitrogen and oxygen atoms in total. The average Bonchev–Trinajstić information content (AvgIpc) is 2.19. The molecule has 0 heterocycles. The number of hydrogen-bond donors (Lipinski definition) is 1. The molecular weight excluding hydrogens is 184 g/mol. The van der Waals surface area contributed by atoms with Crippen LogP contribution in [0.1, 0.15) is 13.8 Å². The minimum atomic E-state index is 0.944. The molecule has 2 heteroatoms. The van der Waals surface area contributed by atoms with Crippen LogP contribution in [0.2, 0.25) is 0 Å². The molecule has 0 spiro atoms. The average molecular weight is 200 g/mol. The third-order valence-electron chi connectivity index (χ3n) is 1.10. The van der Waals surface area contributed by atoms with Crippen molar-refractivity contribution in [3.63, 3.8) is 0 Å². The maximum atomic E-state index is 4.13. The van der Waals surface area contributed by atoms with Crippen molar-refractivity contribution in [2.45, 2.75) is 18.7 Å². The molecule has 0 aromatic heterocycles. The molecule has 0 aliphatic rings. The molecule has 0 fully saturated rings. The molecule has 0 amide bonds. The van der Waals surface area contributed by atoms with Gasteiger partial charge in [-0.1, -0.05) is 32.0 Å². The van der Waals surface area contributed by atoms with Crippen LogP contribution in [0.3, 0.4) is 0 Å². The summed E-state index contributed by atoms with van der Waals surface area (Å²) in [6, 6.07) is 10.4. The van der Waals surface area contributed by atoms with Gasteiger partial charge in [0.1, 0.15) is 0 Å². The second kappa shape index (κ2) is 9.01. The molecular formula is C10H16S2. The van der Waals surface area contributed by atoms with Gasteiger partial charge < -0.3 is 0 Å². The van der Waals surface area contributed by atoms with E-state index < -0.39 is 0 Å². The molecule has 1 aromatic carbocycles. The van der Waals surface area contributed by atoms with Gasteiger partial charge in [-0.05, 0) is 17.9 Å². The van der Waals surface area contributed by atoms with Crippen molar-refractivity contribution in [3.05, 3.63) is 30.3 Å². The highest BCUT2D eigenvalue weighted by atomic mass is 32.2. The highest BCUT2D eigenvalue weighted by molar-refractivity contribution is 8.00. The van der Waals surface area contributed by atoms with Crippen molar-refractivity contribution in [1.29, 1.82) is 0 Å². The van der Waals surface area contributed by atoms with Gasteiger partial charge >= 0.3 is 0 Å². The summed E-state index contributed by atoms with van der Waals surface area (Å²) in [6.45, 7) is 4.00. The summed E-state index contributed by atoms with van der Waals surface area (Å²) in [5.41, 5.74) is 0. The Hall–Kier alpha value is -0.0800. The predicted octanol–water partition coefficient (Wildman–Crippen LogP) is 3.73. The quantitative estimate of drug-likeness (QED) is 0.573. The van der Waals surface area contributed by atoms with Crippen molar-refractivity contribution in [2.24, 2.45) is 0 Å². The minimum Gasteiger partial charge on any atom is -0.178 e. The van der Waals surface area contributed by atoms with Crippen LogP contribution >= 0.6 is 24.4 Å². The van der Waals surface area contributed by atoms with E-state index in [4.69, 9.17) is 0 Å². The Labute approximate surface area is 85.2 Å². The van der Waals surface area contributed by atoms with E-state index in [0.29, 0.717) is 0 Å². The van der Waals surface area contributed by atoms with E-state index in [1.165, 1.54) is 4.90 Å². The van der Waals surface area contributed by atoms with Gasteiger partial charge in [0.05, 0.1) is 0 Å². The van der Waals surface area contributed by atoms with Crippen LogP contribution in [0.5, 0.6) is 0 Å². The summed E-state index contributed by atoms with van der Waals surface area (Å²) in [6.07, 6.45) is 0. The summed E-state index contributed by atoms with van der Waals surface area (Å²) >= 11 is 5.97. The van der Waals surface area contributed by atoms with Crippen molar-refractivity contribution in [1.82, 2.24) is 0 Å². The lowest BCUT2D eigenvalue weighted by molar-refractivity contribution is 1.44. The summed E-state index contributed by atoms with van der Waals surface area (Å²) < 4.78 is 0. The standard InChI is InChI=1S/C8H10S2.C2H6/c9-6-7-10-8-4-2-1-3-5-8;1-2/h1-5,9H,6-7H2;1-2H3. The molecule has 0 aliphatic carbocycles. The molecule has 1 aromatic rings. The molecule has 0 saturated carbocycles. The van der Waals surface area contributed by atoms with Crippen LogP contribution in [0.15, 0.2) is 35.2 Å². The first-order valence-electron chi connectivity index (χ1n) is 4.22. The van der Waals surface area contributed by atoms with E-state index in [9.17, 15) is 0 Å². The van der Waals surface area contributed by atoms with Crippen molar-refractivity contribution < 1.29 is 0 Å². The van der Waals surface area contributed by atoms with E-state index in [2.05, 4.69) is 36.9 Å². The smallest absolute Gasteiger partial charge is 0.00722 e. The summed E-state index contributed by atoms with van der Waals surface area (Å²) in [5, 5.41) is 0. The van der Waals surface area contributed by atoms with E-state index in [-0.39, 0.29) is 0 Å². The maximum Gasteiger partial charge on any atom is 0.00722 e. The maximum absolute atomic E-state index is 4.13. The fourth-order valence-corrected chi connectivity index (χ4v) is 1.63. The van der Waals surface area contributed by atoms with Crippen LogP contribution in [-0.2, 0) is 0 Å². The first-order valence-corrected chi connectivity index (χ1v) is 5.84. The van der Waals surface area contributed by atoms with Crippen LogP contribution < -0.4 is 0 Å². The first-order chi connectivity index (χ1) is 5.93. The summed E-state index contributed by atoms with van der Waals surface area (Å²) in [7, 11) is 0. The highest BCUT2D eigenvalue weighted by Gasteiger charge is 1.87. The Morgan fingerprint density at radius 2 is 1.75 bits per heavy atom. The van der Waals surface area contributed by atoms with Crippen LogP contribution in [0, 0.1) is 0 Å². The van der Waals surface area contributed by atoms with Gasteiger partial charge in [0, 0.05) is 10.6 Å². The van der Waals surface area contributed by atoms with Gasteiger partial charge in [-0.25, -0.2) is 0 Å². The highest BCUT2D eigenvalue weighted by Crippen LogP contribution is 2.16. The SMILES string of the molecule is CC.SCCSc1ccccc1. The van der Waals surface area contributed by atoms with E-state index in [1.54, 1.807) is 0 Å². The lowest BCUT2D eigenvalue weighted by atomic mass is 10.4. The van der Waals surface area contributed by atoms with Gasteiger partial charge in [0.15, 0.2) is 0 Å². The summed E-state index contributed by atoms with van der Waals surface area (Å²) in [5.74, 6) is 2.03. The number of rotatable bonds is 3. The molecule has 0 radical (unpaired) electrons. The third kappa shape index (κ3) is 5.56. The summed E-state index contributed by atoms with van der Waals surface area (Å²) in [4.78, 5) is 1.33. The Morgan fingerprint density at radius 3 is 2.25 bits per heavy atom. The molecule has 0 aliphatic heterocycles. The normalized spacial score (nSPS) is 8.58. The fraction of sp³-hybridized carbons (Fsp3) is 0.400. The minimum absolute atomic E-state index is 0.944. The predicted molar refractivity (Wildman–Crippen MR) is 62.4 cm³/mol. The third-order valence-corrected chi connectivity index (χ3v) is 2.64. The molecule has 0 N–H and O–H groups in total. The molecule has 68 valence electrons. The van der Waals surface area contributed by atoms with E-state index in [0.717, 1.165) is 11.5 Å². The fourth-order valence-electron chi connectivity index (χ4n) is 0.680. The topological polar surface area (TPSA) is 0 Å². The Kier molecular flexibility index (Phi) is 8.95.